The first-order chi connectivity index (χ1) is 9.20. The predicted octanol–water partition coefficient (Wildman–Crippen LogP) is 4.25. The molecule has 19 heavy (non-hydrogen) atoms. The summed E-state index contributed by atoms with van der Waals surface area (Å²) >= 11 is 0. The van der Waals surface area contributed by atoms with Crippen LogP contribution in [0.4, 0.5) is 4.39 Å². The first-order valence-electron chi connectivity index (χ1n) is 7.49. The zero-order valence-electron chi connectivity index (χ0n) is 11.7. The van der Waals surface area contributed by atoms with Crippen LogP contribution in [-0.2, 0) is 0 Å². The Labute approximate surface area is 115 Å². The van der Waals surface area contributed by atoms with Gasteiger partial charge in [0.1, 0.15) is 5.82 Å². The lowest BCUT2D eigenvalue weighted by molar-refractivity contribution is 0.0715. The largest absolute Gasteiger partial charge is 0.388 e. The van der Waals surface area contributed by atoms with Gasteiger partial charge in [0, 0.05) is 11.8 Å². The molecule has 0 bridgehead atoms. The van der Waals surface area contributed by atoms with Crippen molar-refractivity contribution in [1.29, 1.82) is 0 Å². The molecule has 1 atom stereocenters. The van der Waals surface area contributed by atoms with E-state index in [0.717, 1.165) is 18.8 Å². The summed E-state index contributed by atoms with van der Waals surface area (Å²) in [6.45, 7) is 2.23. The van der Waals surface area contributed by atoms with Gasteiger partial charge in [-0.15, -0.1) is 0 Å². The third kappa shape index (κ3) is 4.00. The van der Waals surface area contributed by atoms with E-state index in [1.807, 2.05) is 0 Å². The minimum atomic E-state index is -0.560. The van der Waals surface area contributed by atoms with Crippen LogP contribution in [0.3, 0.4) is 0 Å². The average Bonchev–Trinajstić information content (AvgIpc) is 2.45. The quantitative estimate of drug-likeness (QED) is 0.863. The van der Waals surface area contributed by atoms with Crippen molar-refractivity contribution in [1.82, 2.24) is 4.98 Å². The Morgan fingerprint density at radius 1 is 1.32 bits per heavy atom. The van der Waals surface area contributed by atoms with Crippen LogP contribution in [0.25, 0.3) is 0 Å². The normalized spacial score (nSPS) is 25.2. The van der Waals surface area contributed by atoms with E-state index in [1.54, 1.807) is 6.20 Å². The SMILES string of the molecule is CCCCC1CCC(C(O)c2cncc(F)c2)CC1. The highest BCUT2D eigenvalue weighted by molar-refractivity contribution is 5.14. The van der Waals surface area contributed by atoms with E-state index >= 15 is 0 Å². The molecule has 1 saturated carbocycles. The highest BCUT2D eigenvalue weighted by Gasteiger charge is 2.27. The van der Waals surface area contributed by atoms with Crippen LogP contribution in [-0.4, -0.2) is 10.1 Å². The van der Waals surface area contributed by atoms with Gasteiger partial charge in [-0.05, 0) is 30.7 Å². The van der Waals surface area contributed by atoms with Crippen molar-refractivity contribution in [3.8, 4) is 0 Å². The fraction of sp³-hybridized carbons (Fsp3) is 0.688. The summed E-state index contributed by atoms with van der Waals surface area (Å²) in [5.74, 6) is 0.726. The first-order valence-corrected chi connectivity index (χ1v) is 7.49. The Bertz CT molecular complexity index is 388. The monoisotopic (exact) mass is 265 g/mol. The van der Waals surface area contributed by atoms with E-state index in [1.165, 1.54) is 44.4 Å². The van der Waals surface area contributed by atoms with Gasteiger partial charge in [0.25, 0.3) is 0 Å². The number of aliphatic hydroxyl groups excluding tert-OH is 1. The maximum Gasteiger partial charge on any atom is 0.141 e. The van der Waals surface area contributed by atoms with E-state index < -0.39 is 6.10 Å². The van der Waals surface area contributed by atoms with Gasteiger partial charge >= 0.3 is 0 Å². The van der Waals surface area contributed by atoms with Gasteiger partial charge < -0.3 is 5.11 Å². The maximum atomic E-state index is 13.1. The molecule has 1 heterocycles. The fourth-order valence-electron chi connectivity index (χ4n) is 3.15. The van der Waals surface area contributed by atoms with Crippen molar-refractivity contribution in [2.24, 2.45) is 11.8 Å². The standard InChI is InChI=1S/C16H24FNO/c1-2-3-4-12-5-7-13(8-6-12)16(19)14-9-15(17)11-18-10-14/h9-13,16,19H,2-8H2,1H3. The van der Waals surface area contributed by atoms with Crippen LogP contribution in [0, 0.1) is 17.7 Å². The van der Waals surface area contributed by atoms with Crippen molar-refractivity contribution in [3.05, 3.63) is 29.8 Å². The average molecular weight is 265 g/mol. The molecule has 2 rings (SSSR count). The molecular formula is C16H24FNO. The maximum absolute atomic E-state index is 13.1. The molecule has 0 aliphatic heterocycles. The van der Waals surface area contributed by atoms with Crippen LogP contribution in [0.1, 0.15) is 63.5 Å². The molecule has 3 heteroatoms. The number of nitrogens with zero attached hydrogens (tertiary/aromatic N) is 1. The number of aliphatic hydroxyl groups is 1. The van der Waals surface area contributed by atoms with Gasteiger partial charge in [-0.2, -0.15) is 0 Å². The van der Waals surface area contributed by atoms with Crippen molar-refractivity contribution in [2.45, 2.75) is 58.0 Å². The third-order valence-corrected chi connectivity index (χ3v) is 4.37. The number of rotatable bonds is 5. The highest BCUT2D eigenvalue weighted by Crippen LogP contribution is 2.38. The smallest absolute Gasteiger partial charge is 0.141 e. The Morgan fingerprint density at radius 3 is 2.68 bits per heavy atom. The van der Waals surface area contributed by atoms with Gasteiger partial charge in [0.15, 0.2) is 0 Å². The molecule has 1 unspecified atom stereocenters. The lowest BCUT2D eigenvalue weighted by Gasteiger charge is -2.31. The number of hydrogen-bond donors (Lipinski definition) is 1. The number of aromatic nitrogens is 1. The fourth-order valence-corrected chi connectivity index (χ4v) is 3.15. The van der Waals surface area contributed by atoms with Crippen LogP contribution < -0.4 is 0 Å². The molecule has 106 valence electrons. The molecule has 1 fully saturated rings. The Kier molecular flexibility index (Phi) is 5.32. The van der Waals surface area contributed by atoms with Crippen LogP contribution >= 0.6 is 0 Å². The molecule has 1 N–H and O–H groups in total. The zero-order chi connectivity index (χ0) is 13.7. The summed E-state index contributed by atoms with van der Waals surface area (Å²) < 4.78 is 13.1. The second kappa shape index (κ2) is 6.99. The summed E-state index contributed by atoms with van der Waals surface area (Å²) in [6.07, 6.45) is 10.6. The molecular weight excluding hydrogens is 241 g/mol. The van der Waals surface area contributed by atoms with Crippen molar-refractivity contribution in [3.63, 3.8) is 0 Å². The molecule has 0 aromatic carbocycles. The van der Waals surface area contributed by atoms with Crippen LogP contribution in [0.5, 0.6) is 0 Å². The second-order valence-electron chi connectivity index (χ2n) is 5.80. The Hall–Kier alpha value is -0.960. The number of pyridine rings is 1. The molecule has 1 aromatic rings. The van der Waals surface area contributed by atoms with E-state index in [-0.39, 0.29) is 11.7 Å². The van der Waals surface area contributed by atoms with Crippen LogP contribution in [0.2, 0.25) is 0 Å². The van der Waals surface area contributed by atoms with E-state index in [9.17, 15) is 9.50 Å². The van der Waals surface area contributed by atoms with Crippen molar-refractivity contribution >= 4 is 0 Å². The number of hydrogen-bond acceptors (Lipinski definition) is 2. The van der Waals surface area contributed by atoms with Gasteiger partial charge in [-0.3, -0.25) is 4.98 Å². The molecule has 0 amide bonds. The molecule has 1 aliphatic rings. The molecule has 0 saturated heterocycles. The molecule has 2 nitrogen and oxygen atoms in total. The summed E-state index contributed by atoms with van der Waals surface area (Å²) in [7, 11) is 0. The number of halogens is 1. The lowest BCUT2D eigenvalue weighted by atomic mass is 9.76. The van der Waals surface area contributed by atoms with Crippen LogP contribution in [0.15, 0.2) is 18.5 Å². The van der Waals surface area contributed by atoms with Crippen molar-refractivity contribution in [2.75, 3.05) is 0 Å². The first kappa shape index (κ1) is 14.4. The Balaban J connectivity index is 1.87. The van der Waals surface area contributed by atoms with E-state index in [4.69, 9.17) is 0 Å². The third-order valence-electron chi connectivity index (χ3n) is 4.37. The molecule has 1 aliphatic carbocycles. The van der Waals surface area contributed by atoms with Gasteiger partial charge in [0.05, 0.1) is 12.3 Å². The Morgan fingerprint density at radius 2 is 2.05 bits per heavy atom. The minimum Gasteiger partial charge on any atom is -0.388 e. The molecule has 0 radical (unpaired) electrons. The molecule has 1 aromatic heterocycles. The molecule has 0 spiro atoms. The summed E-state index contributed by atoms with van der Waals surface area (Å²) in [6, 6.07) is 1.40. The van der Waals surface area contributed by atoms with Gasteiger partial charge in [0.2, 0.25) is 0 Å². The lowest BCUT2D eigenvalue weighted by Crippen LogP contribution is -2.20. The van der Waals surface area contributed by atoms with Gasteiger partial charge in [-0.25, -0.2) is 4.39 Å². The second-order valence-corrected chi connectivity index (χ2v) is 5.80. The summed E-state index contributed by atoms with van der Waals surface area (Å²) in [4.78, 5) is 3.82. The van der Waals surface area contributed by atoms with E-state index in [2.05, 4.69) is 11.9 Å². The minimum absolute atomic E-state index is 0.265. The topological polar surface area (TPSA) is 33.1 Å². The van der Waals surface area contributed by atoms with Crippen molar-refractivity contribution < 1.29 is 9.50 Å². The summed E-state index contributed by atoms with van der Waals surface area (Å²) in [5, 5.41) is 10.3. The number of unbranched alkanes of at least 4 members (excludes halogenated alkanes) is 1. The summed E-state index contributed by atoms with van der Waals surface area (Å²) in [5.41, 5.74) is 0.622. The van der Waals surface area contributed by atoms with Gasteiger partial charge in [-0.1, -0.05) is 39.0 Å². The zero-order valence-corrected chi connectivity index (χ0v) is 11.7. The highest BCUT2D eigenvalue weighted by atomic mass is 19.1. The van der Waals surface area contributed by atoms with E-state index in [0.29, 0.717) is 5.56 Å². The predicted molar refractivity (Wildman–Crippen MR) is 74.1 cm³/mol.